The summed E-state index contributed by atoms with van der Waals surface area (Å²) < 4.78 is 5.75. The summed E-state index contributed by atoms with van der Waals surface area (Å²) in [7, 11) is 0. The van der Waals surface area contributed by atoms with Gasteiger partial charge in [0.2, 0.25) is 0 Å². The Hall–Kier alpha value is -2.13. The predicted octanol–water partition coefficient (Wildman–Crippen LogP) is 2.85. The molecular formula is C18H19NO2. The molecule has 2 aromatic carbocycles. The van der Waals surface area contributed by atoms with Crippen molar-refractivity contribution < 1.29 is 9.53 Å². The average molecular weight is 281 g/mol. The van der Waals surface area contributed by atoms with Crippen molar-refractivity contribution in [1.82, 2.24) is 5.32 Å². The fourth-order valence-electron chi connectivity index (χ4n) is 2.60. The third-order valence-electron chi connectivity index (χ3n) is 3.75. The maximum Gasteiger partial charge on any atom is 0.168 e. The average Bonchev–Trinajstić information content (AvgIpc) is 2.68. The first kappa shape index (κ1) is 13.8. The molecule has 1 atom stereocenters. The van der Waals surface area contributed by atoms with Crippen LogP contribution < -0.4 is 10.1 Å². The Kier molecular flexibility index (Phi) is 4.31. The summed E-state index contributed by atoms with van der Waals surface area (Å²) in [6.45, 7) is 1.39. The lowest BCUT2D eigenvalue weighted by molar-refractivity contribution is 0.0971. The second kappa shape index (κ2) is 6.55. The topological polar surface area (TPSA) is 38.3 Å². The van der Waals surface area contributed by atoms with E-state index in [1.165, 1.54) is 5.56 Å². The highest BCUT2D eigenvalue weighted by Gasteiger charge is 2.22. The number of para-hydroxylation sites is 1. The number of carbonyl (C=O) groups excluding carboxylic acids is 1. The van der Waals surface area contributed by atoms with Gasteiger partial charge >= 0.3 is 0 Å². The zero-order valence-corrected chi connectivity index (χ0v) is 11.9. The van der Waals surface area contributed by atoms with Crippen LogP contribution in [0.25, 0.3) is 0 Å². The van der Waals surface area contributed by atoms with Crippen LogP contribution in [-0.2, 0) is 6.42 Å². The minimum atomic E-state index is 0.0774. The second-order valence-electron chi connectivity index (χ2n) is 5.32. The van der Waals surface area contributed by atoms with E-state index in [0.717, 1.165) is 13.0 Å². The highest BCUT2D eigenvalue weighted by atomic mass is 16.5. The minimum Gasteiger partial charge on any atom is -0.491 e. The van der Waals surface area contributed by atoms with Gasteiger partial charge in [0.05, 0.1) is 5.56 Å². The van der Waals surface area contributed by atoms with E-state index in [1.807, 2.05) is 42.5 Å². The maximum atomic E-state index is 12.2. The van der Waals surface area contributed by atoms with Gasteiger partial charge in [0.15, 0.2) is 5.78 Å². The number of Topliss-reactive ketones (excluding diaryl/α,β-unsaturated/α-hetero) is 1. The van der Waals surface area contributed by atoms with Crippen molar-refractivity contribution in [2.45, 2.75) is 18.9 Å². The molecule has 0 saturated carbocycles. The predicted molar refractivity (Wildman–Crippen MR) is 82.8 cm³/mol. The first-order valence-electron chi connectivity index (χ1n) is 7.35. The van der Waals surface area contributed by atoms with Gasteiger partial charge in [-0.3, -0.25) is 4.79 Å². The Bertz CT molecular complexity index is 610. The number of hydrogen-bond donors (Lipinski definition) is 1. The SMILES string of the molecule is O=C1CC(NCCc2ccccc2)COc2ccccc21. The van der Waals surface area contributed by atoms with Crippen molar-refractivity contribution in [2.75, 3.05) is 13.2 Å². The van der Waals surface area contributed by atoms with Crippen LogP contribution in [0, 0.1) is 0 Å². The Morgan fingerprint density at radius 2 is 1.81 bits per heavy atom. The molecule has 1 aliphatic heterocycles. The van der Waals surface area contributed by atoms with Crippen molar-refractivity contribution in [2.24, 2.45) is 0 Å². The van der Waals surface area contributed by atoms with Gasteiger partial charge in [0.25, 0.3) is 0 Å². The standard InChI is InChI=1S/C18H19NO2/c20-17-12-15(13-21-18-9-5-4-8-16(17)18)19-11-10-14-6-2-1-3-7-14/h1-9,15,19H,10-13H2. The van der Waals surface area contributed by atoms with E-state index in [1.54, 1.807) is 0 Å². The fourth-order valence-corrected chi connectivity index (χ4v) is 2.60. The molecule has 3 nitrogen and oxygen atoms in total. The van der Waals surface area contributed by atoms with Crippen LogP contribution in [0.3, 0.4) is 0 Å². The number of nitrogens with one attached hydrogen (secondary N) is 1. The lowest BCUT2D eigenvalue weighted by atomic mass is 10.0. The summed E-state index contributed by atoms with van der Waals surface area (Å²) in [4.78, 5) is 12.2. The Balaban J connectivity index is 1.55. The van der Waals surface area contributed by atoms with E-state index >= 15 is 0 Å². The molecule has 0 amide bonds. The first-order chi connectivity index (χ1) is 10.3. The zero-order valence-electron chi connectivity index (χ0n) is 11.9. The van der Waals surface area contributed by atoms with Gasteiger partial charge in [-0.05, 0) is 30.7 Å². The van der Waals surface area contributed by atoms with E-state index in [9.17, 15) is 4.79 Å². The smallest absolute Gasteiger partial charge is 0.168 e. The van der Waals surface area contributed by atoms with E-state index in [-0.39, 0.29) is 11.8 Å². The molecule has 21 heavy (non-hydrogen) atoms. The van der Waals surface area contributed by atoms with E-state index in [4.69, 9.17) is 4.74 Å². The fraction of sp³-hybridized carbons (Fsp3) is 0.278. The van der Waals surface area contributed by atoms with Crippen molar-refractivity contribution in [3.05, 3.63) is 65.7 Å². The lowest BCUT2D eigenvalue weighted by Crippen LogP contribution is -2.36. The van der Waals surface area contributed by atoms with Gasteiger partial charge in [-0.2, -0.15) is 0 Å². The van der Waals surface area contributed by atoms with Crippen molar-refractivity contribution >= 4 is 5.78 Å². The van der Waals surface area contributed by atoms with Crippen LogP contribution in [0.1, 0.15) is 22.3 Å². The lowest BCUT2D eigenvalue weighted by Gasteiger charge is -2.15. The number of fused-ring (bicyclic) bond motifs is 1. The molecule has 0 bridgehead atoms. The van der Waals surface area contributed by atoms with Crippen molar-refractivity contribution in [3.8, 4) is 5.75 Å². The molecular weight excluding hydrogens is 262 g/mol. The summed E-state index contributed by atoms with van der Waals surface area (Å²) in [5.41, 5.74) is 2.00. The summed E-state index contributed by atoms with van der Waals surface area (Å²) in [5.74, 6) is 0.857. The monoisotopic (exact) mass is 281 g/mol. The number of ketones is 1. The highest BCUT2D eigenvalue weighted by molar-refractivity contribution is 5.99. The van der Waals surface area contributed by atoms with Crippen LogP contribution in [0.4, 0.5) is 0 Å². The molecule has 1 heterocycles. The van der Waals surface area contributed by atoms with E-state index < -0.39 is 0 Å². The second-order valence-corrected chi connectivity index (χ2v) is 5.32. The molecule has 0 aromatic heterocycles. The summed E-state index contributed by atoms with van der Waals surface area (Å²) in [6.07, 6.45) is 1.45. The quantitative estimate of drug-likeness (QED) is 0.936. The molecule has 0 radical (unpaired) electrons. The zero-order chi connectivity index (χ0) is 14.5. The third kappa shape index (κ3) is 3.50. The summed E-state index contributed by atoms with van der Waals surface area (Å²) in [6, 6.07) is 17.9. The minimum absolute atomic E-state index is 0.0774. The number of ether oxygens (including phenoxy) is 1. The molecule has 108 valence electrons. The molecule has 0 saturated heterocycles. The van der Waals surface area contributed by atoms with E-state index in [0.29, 0.717) is 24.3 Å². The normalized spacial score (nSPS) is 17.7. The Morgan fingerprint density at radius 1 is 1.05 bits per heavy atom. The van der Waals surface area contributed by atoms with Crippen LogP contribution >= 0.6 is 0 Å². The molecule has 2 aromatic rings. The molecule has 3 rings (SSSR count). The van der Waals surface area contributed by atoms with Crippen molar-refractivity contribution in [1.29, 1.82) is 0 Å². The largest absolute Gasteiger partial charge is 0.491 e. The van der Waals surface area contributed by atoms with E-state index in [2.05, 4.69) is 17.4 Å². The Morgan fingerprint density at radius 3 is 2.67 bits per heavy atom. The van der Waals surface area contributed by atoms with Crippen LogP contribution in [0.2, 0.25) is 0 Å². The summed E-state index contributed by atoms with van der Waals surface area (Å²) in [5, 5.41) is 3.43. The molecule has 3 heteroatoms. The van der Waals surface area contributed by atoms with Crippen molar-refractivity contribution in [3.63, 3.8) is 0 Å². The molecule has 0 fully saturated rings. The third-order valence-corrected chi connectivity index (χ3v) is 3.75. The van der Waals surface area contributed by atoms with Crippen LogP contribution in [0.15, 0.2) is 54.6 Å². The van der Waals surface area contributed by atoms with Gasteiger partial charge in [-0.15, -0.1) is 0 Å². The van der Waals surface area contributed by atoms with Gasteiger partial charge in [-0.25, -0.2) is 0 Å². The molecule has 1 aliphatic rings. The van der Waals surface area contributed by atoms with Gasteiger partial charge < -0.3 is 10.1 Å². The molecule has 0 spiro atoms. The molecule has 0 aliphatic carbocycles. The maximum absolute atomic E-state index is 12.2. The Labute approximate surface area is 124 Å². The number of hydrogen-bond acceptors (Lipinski definition) is 3. The summed E-state index contributed by atoms with van der Waals surface area (Å²) >= 11 is 0. The van der Waals surface area contributed by atoms with Crippen LogP contribution in [0.5, 0.6) is 5.75 Å². The number of carbonyl (C=O) groups is 1. The molecule has 1 unspecified atom stereocenters. The first-order valence-corrected chi connectivity index (χ1v) is 7.35. The number of benzene rings is 2. The number of rotatable bonds is 4. The highest BCUT2D eigenvalue weighted by Crippen LogP contribution is 2.23. The van der Waals surface area contributed by atoms with Gasteiger partial charge in [-0.1, -0.05) is 42.5 Å². The van der Waals surface area contributed by atoms with Gasteiger partial charge in [0, 0.05) is 12.5 Å². The molecule has 1 N–H and O–H groups in total. The van der Waals surface area contributed by atoms with Crippen LogP contribution in [-0.4, -0.2) is 25.0 Å². The van der Waals surface area contributed by atoms with Gasteiger partial charge in [0.1, 0.15) is 12.4 Å².